The molecule has 1 aromatic rings. The molecular weight excluding hydrogens is 342 g/mol. The number of nitrogens with zero attached hydrogens (tertiary/aromatic N) is 1. The van der Waals surface area contributed by atoms with E-state index < -0.39 is 9.84 Å². The molecule has 0 N–H and O–H groups in total. The molecule has 0 bridgehead atoms. The molecule has 2 heterocycles. The molecule has 1 amide bonds. The van der Waals surface area contributed by atoms with Gasteiger partial charge in [0.05, 0.1) is 5.75 Å². The molecule has 0 radical (unpaired) electrons. The first-order valence-electron chi connectivity index (χ1n) is 8.67. The smallest absolute Gasteiger partial charge is 0.231 e. The predicted octanol–water partition coefficient (Wildman–Crippen LogP) is 2.02. The zero-order valence-corrected chi connectivity index (χ0v) is 15.6. The second-order valence-corrected chi connectivity index (χ2v) is 9.70. The summed E-state index contributed by atoms with van der Waals surface area (Å²) in [4.78, 5) is 13.9. The van der Waals surface area contributed by atoms with Crippen molar-refractivity contribution in [2.75, 3.05) is 31.4 Å². The van der Waals surface area contributed by atoms with E-state index in [1.165, 1.54) is 0 Å². The third kappa shape index (κ3) is 4.26. The third-order valence-electron chi connectivity index (χ3n) is 5.05. The number of ether oxygens (including phenoxy) is 2. The molecular formula is C18H25NO5S. The van der Waals surface area contributed by atoms with Gasteiger partial charge in [-0.15, -0.1) is 0 Å². The molecule has 0 aliphatic carbocycles. The quantitative estimate of drug-likeness (QED) is 0.769. The first kappa shape index (κ1) is 18.0. The Morgan fingerprint density at radius 3 is 2.76 bits per heavy atom. The van der Waals surface area contributed by atoms with Crippen molar-refractivity contribution in [3.63, 3.8) is 0 Å². The Labute approximate surface area is 149 Å². The number of piperidine rings is 1. The summed E-state index contributed by atoms with van der Waals surface area (Å²) < 4.78 is 34.3. The monoisotopic (exact) mass is 367 g/mol. The summed E-state index contributed by atoms with van der Waals surface area (Å²) in [5.41, 5.74) is 1.07. The molecule has 0 aromatic heterocycles. The van der Waals surface area contributed by atoms with Crippen LogP contribution in [0.1, 0.15) is 32.3 Å². The van der Waals surface area contributed by atoms with Gasteiger partial charge in [-0.05, 0) is 36.0 Å². The Balaban J connectivity index is 1.67. The minimum absolute atomic E-state index is 0.0370. The van der Waals surface area contributed by atoms with Gasteiger partial charge in [0.1, 0.15) is 0 Å². The molecule has 1 atom stereocenters. The minimum Gasteiger partial charge on any atom is -0.454 e. The molecule has 1 aromatic carbocycles. The maximum atomic E-state index is 12.2. The van der Waals surface area contributed by atoms with Crippen LogP contribution in [0.25, 0.3) is 0 Å². The minimum atomic E-state index is -3.07. The van der Waals surface area contributed by atoms with Crippen molar-refractivity contribution in [3.8, 4) is 11.5 Å². The zero-order chi connectivity index (χ0) is 18.1. The maximum Gasteiger partial charge on any atom is 0.231 e. The maximum absolute atomic E-state index is 12.2. The fourth-order valence-corrected chi connectivity index (χ4v) is 4.27. The Morgan fingerprint density at radius 1 is 1.24 bits per heavy atom. The summed E-state index contributed by atoms with van der Waals surface area (Å²) in [5, 5.41) is 0. The number of carbonyl (C=O) groups excluding carboxylic acids is 1. The number of rotatable bonds is 6. The molecule has 1 unspecified atom stereocenters. The van der Waals surface area contributed by atoms with Crippen molar-refractivity contribution in [2.24, 2.45) is 5.41 Å². The van der Waals surface area contributed by atoms with Gasteiger partial charge in [0.25, 0.3) is 0 Å². The van der Waals surface area contributed by atoms with Gasteiger partial charge in [0.15, 0.2) is 21.3 Å². The Morgan fingerprint density at radius 2 is 2.00 bits per heavy atom. The summed E-state index contributed by atoms with van der Waals surface area (Å²) in [6, 6.07) is 5.94. The van der Waals surface area contributed by atoms with Crippen molar-refractivity contribution in [2.45, 2.75) is 33.1 Å². The average Bonchev–Trinajstić information content (AvgIpc) is 3.03. The van der Waals surface area contributed by atoms with E-state index in [4.69, 9.17) is 9.47 Å². The summed E-state index contributed by atoms with van der Waals surface area (Å²) in [6.07, 6.45) is 2.08. The van der Waals surface area contributed by atoms with Crippen LogP contribution in [-0.4, -0.2) is 50.6 Å². The molecule has 25 heavy (non-hydrogen) atoms. The summed E-state index contributed by atoms with van der Waals surface area (Å²) in [7, 11) is -3.07. The summed E-state index contributed by atoms with van der Waals surface area (Å²) in [6.45, 7) is 4.91. The number of hydrogen-bond acceptors (Lipinski definition) is 5. The fraction of sp³-hybridized carbons (Fsp3) is 0.611. The van der Waals surface area contributed by atoms with Crippen molar-refractivity contribution in [1.82, 2.24) is 4.90 Å². The Bertz CT molecular complexity index is 761. The molecule has 2 aliphatic heterocycles. The van der Waals surface area contributed by atoms with Crippen molar-refractivity contribution in [1.29, 1.82) is 0 Å². The standard InChI is InChI=1S/C18H25NO5S/c1-3-25(21,22)9-8-19-12-18(2,7-6-17(19)20)11-14-4-5-15-16(10-14)24-13-23-15/h4-5,10H,3,6-9,11-13H2,1-2H3. The van der Waals surface area contributed by atoms with Gasteiger partial charge in [0.2, 0.25) is 12.7 Å². The first-order valence-corrected chi connectivity index (χ1v) is 10.5. The number of amides is 1. The van der Waals surface area contributed by atoms with Crippen LogP contribution in [-0.2, 0) is 21.1 Å². The molecule has 2 aliphatic rings. The van der Waals surface area contributed by atoms with E-state index in [1.807, 2.05) is 18.2 Å². The van der Waals surface area contributed by atoms with Crippen LogP contribution < -0.4 is 9.47 Å². The van der Waals surface area contributed by atoms with Crippen LogP contribution in [0, 0.1) is 5.41 Å². The topological polar surface area (TPSA) is 72.9 Å². The average molecular weight is 367 g/mol. The van der Waals surface area contributed by atoms with E-state index in [9.17, 15) is 13.2 Å². The zero-order valence-electron chi connectivity index (χ0n) is 14.8. The molecule has 0 saturated carbocycles. The lowest BCUT2D eigenvalue weighted by Gasteiger charge is -2.40. The largest absolute Gasteiger partial charge is 0.454 e. The SMILES string of the molecule is CCS(=O)(=O)CCN1CC(C)(Cc2ccc3c(c2)OCO3)CCC1=O. The van der Waals surface area contributed by atoms with Crippen molar-refractivity contribution in [3.05, 3.63) is 23.8 Å². The van der Waals surface area contributed by atoms with Crippen LogP contribution in [0.3, 0.4) is 0 Å². The first-order chi connectivity index (χ1) is 11.8. The molecule has 138 valence electrons. The van der Waals surface area contributed by atoms with Crippen molar-refractivity contribution < 1.29 is 22.7 Å². The van der Waals surface area contributed by atoms with Crippen LogP contribution in [0.5, 0.6) is 11.5 Å². The Hall–Kier alpha value is -1.76. The summed E-state index contributed by atoms with van der Waals surface area (Å²) in [5.74, 6) is 1.73. The Kier molecular flexibility index (Phi) is 4.95. The molecule has 1 fully saturated rings. The highest BCUT2D eigenvalue weighted by molar-refractivity contribution is 7.91. The number of likely N-dealkylation sites (tertiary alicyclic amines) is 1. The number of benzene rings is 1. The lowest BCUT2D eigenvalue weighted by Crippen LogP contribution is -2.47. The molecule has 6 nitrogen and oxygen atoms in total. The second-order valence-electron chi connectivity index (χ2n) is 7.23. The highest BCUT2D eigenvalue weighted by Crippen LogP contribution is 2.37. The van der Waals surface area contributed by atoms with Crippen molar-refractivity contribution >= 4 is 15.7 Å². The number of sulfone groups is 1. The molecule has 3 rings (SSSR count). The lowest BCUT2D eigenvalue weighted by molar-refractivity contribution is -0.136. The van der Waals surface area contributed by atoms with Gasteiger partial charge in [0, 0.05) is 25.3 Å². The molecule has 1 saturated heterocycles. The molecule has 0 spiro atoms. The van der Waals surface area contributed by atoms with Gasteiger partial charge < -0.3 is 14.4 Å². The van der Waals surface area contributed by atoms with E-state index in [1.54, 1.807) is 11.8 Å². The van der Waals surface area contributed by atoms with E-state index in [-0.39, 0.29) is 36.2 Å². The van der Waals surface area contributed by atoms with Gasteiger partial charge in [-0.25, -0.2) is 8.42 Å². The van der Waals surface area contributed by atoms with Gasteiger partial charge in [-0.3, -0.25) is 4.79 Å². The van der Waals surface area contributed by atoms with Crippen LogP contribution in [0.2, 0.25) is 0 Å². The van der Waals surface area contributed by atoms with Crippen LogP contribution >= 0.6 is 0 Å². The normalized spacial score (nSPS) is 23.1. The number of fused-ring (bicyclic) bond motifs is 1. The molecule has 7 heteroatoms. The van der Waals surface area contributed by atoms with E-state index >= 15 is 0 Å². The third-order valence-corrected chi connectivity index (χ3v) is 6.73. The summed E-state index contributed by atoms with van der Waals surface area (Å²) >= 11 is 0. The van der Waals surface area contributed by atoms with Crippen LogP contribution in [0.4, 0.5) is 0 Å². The van der Waals surface area contributed by atoms with Crippen LogP contribution in [0.15, 0.2) is 18.2 Å². The lowest BCUT2D eigenvalue weighted by atomic mass is 9.76. The highest BCUT2D eigenvalue weighted by atomic mass is 32.2. The number of carbonyl (C=O) groups is 1. The number of hydrogen-bond donors (Lipinski definition) is 0. The second kappa shape index (κ2) is 6.86. The van der Waals surface area contributed by atoms with E-state index in [0.717, 1.165) is 29.9 Å². The van der Waals surface area contributed by atoms with E-state index in [2.05, 4.69) is 6.92 Å². The predicted molar refractivity (Wildman–Crippen MR) is 94.5 cm³/mol. The van der Waals surface area contributed by atoms with Gasteiger partial charge in [-0.1, -0.05) is 19.9 Å². The highest BCUT2D eigenvalue weighted by Gasteiger charge is 2.35. The fourth-order valence-electron chi connectivity index (χ4n) is 3.48. The van der Waals surface area contributed by atoms with Gasteiger partial charge in [-0.2, -0.15) is 0 Å². The van der Waals surface area contributed by atoms with Gasteiger partial charge >= 0.3 is 0 Å². The van der Waals surface area contributed by atoms with E-state index in [0.29, 0.717) is 13.0 Å².